The van der Waals surface area contributed by atoms with Crippen molar-refractivity contribution in [2.24, 2.45) is 0 Å². The van der Waals surface area contributed by atoms with Crippen molar-refractivity contribution in [2.75, 3.05) is 18.2 Å². The summed E-state index contributed by atoms with van der Waals surface area (Å²) in [5.74, 6) is 1.61. The summed E-state index contributed by atoms with van der Waals surface area (Å²) in [6, 6.07) is 6.00. The first-order valence-corrected chi connectivity index (χ1v) is 6.15. The van der Waals surface area contributed by atoms with E-state index in [-0.39, 0.29) is 0 Å². The molecule has 0 saturated heterocycles. The van der Waals surface area contributed by atoms with Crippen molar-refractivity contribution in [3.63, 3.8) is 0 Å². The molecule has 0 aliphatic heterocycles. The number of nitrogens with one attached hydrogen (secondary N) is 1. The van der Waals surface area contributed by atoms with Crippen molar-refractivity contribution in [3.05, 3.63) is 41.1 Å². The summed E-state index contributed by atoms with van der Waals surface area (Å²) in [4.78, 5) is 4.32. The largest absolute Gasteiger partial charge is 0.495 e. The Bertz CT molecular complexity index is 609. The van der Waals surface area contributed by atoms with Crippen molar-refractivity contribution in [1.29, 1.82) is 0 Å². The van der Waals surface area contributed by atoms with Crippen molar-refractivity contribution in [3.8, 4) is 5.75 Å². The molecule has 1 aromatic carbocycles. The lowest BCUT2D eigenvalue weighted by Crippen LogP contribution is -2.02. The molecule has 0 spiro atoms. The van der Waals surface area contributed by atoms with Crippen LogP contribution in [0, 0.1) is 20.8 Å². The molecule has 0 radical (unpaired) electrons. The maximum Gasteiger partial charge on any atom is 0.142 e. The van der Waals surface area contributed by atoms with Gasteiger partial charge in [-0.15, -0.1) is 0 Å². The number of aryl methyl sites for hydroxylation is 3. The molecule has 0 saturated carbocycles. The average molecular weight is 257 g/mol. The van der Waals surface area contributed by atoms with E-state index in [1.165, 1.54) is 5.56 Å². The highest BCUT2D eigenvalue weighted by molar-refractivity contribution is 5.70. The fourth-order valence-corrected chi connectivity index (χ4v) is 2.10. The molecule has 4 nitrogen and oxygen atoms in total. The van der Waals surface area contributed by atoms with E-state index in [2.05, 4.69) is 16.4 Å². The molecule has 2 rings (SSSR count). The summed E-state index contributed by atoms with van der Waals surface area (Å²) in [5, 5.41) is 3.32. The summed E-state index contributed by atoms with van der Waals surface area (Å²) >= 11 is 0. The summed E-state index contributed by atoms with van der Waals surface area (Å²) in [6.45, 7) is 6.07. The maximum absolute atomic E-state index is 5.71. The first-order chi connectivity index (χ1) is 9.01. The highest BCUT2D eigenvalue weighted by Gasteiger charge is 2.10. The number of nitrogens with two attached hydrogens (primary N) is 1. The van der Waals surface area contributed by atoms with Crippen LogP contribution in [0.3, 0.4) is 0 Å². The Labute approximate surface area is 113 Å². The molecular weight excluding hydrogens is 238 g/mol. The van der Waals surface area contributed by atoms with E-state index >= 15 is 0 Å². The summed E-state index contributed by atoms with van der Waals surface area (Å²) in [6.07, 6.45) is 1.64. The van der Waals surface area contributed by atoms with Gasteiger partial charge in [-0.3, -0.25) is 0 Å². The number of rotatable bonds is 3. The zero-order valence-corrected chi connectivity index (χ0v) is 11.7. The van der Waals surface area contributed by atoms with Gasteiger partial charge in [0.1, 0.15) is 11.6 Å². The first-order valence-electron chi connectivity index (χ1n) is 6.15. The van der Waals surface area contributed by atoms with Crippen LogP contribution in [0.1, 0.15) is 16.7 Å². The smallest absolute Gasteiger partial charge is 0.142 e. The molecule has 1 aromatic heterocycles. The number of nitrogen functional groups attached to an aromatic ring is 1. The highest BCUT2D eigenvalue weighted by Crippen LogP contribution is 2.32. The molecule has 100 valence electrons. The SMILES string of the molecule is COc1cc(C)cc(C)c1Nc1ncc(N)cc1C. The zero-order valence-electron chi connectivity index (χ0n) is 11.7. The second-order valence-electron chi connectivity index (χ2n) is 4.72. The lowest BCUT2D eigenvalue weighted by atomic mass is 10.1. The number of hydrogen-bond acceptors (Lipinski definition) is 4. The van der Waals surface area contributed by atoms with Crippen LogP contribution in [0.5, 0.6) is 5.75 Å². The van der Waals surface area contributed by atoms with Crippen LogP contribution >= 0.6 is 0 Å². The molecule has 0 aliphatic carbocycles. The molecule has 3 N–H and O–H groups in total. The fraction of sp³-hybridized carbons (Fsp3) is 0.267. The van der Waals surface area contributed by atoms with Gasteiger partial charge in [-0.05, 0) is 49.6 Å². The van der Waals surface area contributed by atoms with Gasteiger partial charge in [0.15, 0.2) is 0 Å². The Morgan fingerprint density at radius 1 is 1.11 bits per heavy atom. The minimum atomic E-state index is 0.663. The number of methoxy groups -OCH3 is 1. The van der Waals surface area contributed by atoms with Crippen LogP contribution in [-0.2, 0) is 0 Å². The number of pyridine rings is 1. The van der Waals surface area contributed by atoms with E-state index < -0.39 is 0 Å². The van der Waals surface area contributed by atoms with Gasteiger partial charge in [0.2, 0.25) is 0 Å². The van der Waals surface area contributed by atoms with E-state index in [0.29, 0.717) is 5.69 Å². The lowest BCUT2D eigenvalue weighted by Gasteiger charge is -2.16. The van der Waals surface area contributed by atoms with Crippen molar-refractivity contribution in [1.82, 2.24) is 4.98 Å². The second kappa shape index (κ2) is 5.18. The normalized spacial score (nSPS) is 10.3. The van der Waals surface area contributed by atoms with Crippen LogP contribution in [0.15, 0.2) is 24.4 Å². The molecule has 0 amide bonds. The van der Waals surface area contributed by atoms with Gasteiger partial charge in [-0.2, -0.15) is 0 Å². The molecule has 2 aromatic rings. The lowest BCUT2D eigenvalue weighted by molar-refractivity contribution is 0.416. The van der Waals surface area contributed by atoms with Crippen molar-refractivity contribution in [2.45, 2.75) is 20.8 Å². The monoisotopic (exact) mass is 257 g/mol. The third-order valence-corrected chi connectivity index (χ3v) is 3.01. The fourth-order valence-electron chi connectivity index (χ4n) is 2.10. The van der Waals surface area contributed by atoms with Gasteiger partial charge in [0.25, 0.3) is 0 Å². The summed E-state index contributed by atoms with van der Waals surface area (Å²) < 4.78 is 5.43. The minimum Gasteiger partial charge on any atom is -0.495 e. The molecule has 0 atom stereocenters. The van der Waals surface area contributed by atoms with Gasteiger partial charge in [-0.1, -0.05) is 6.07 Å². The summed E-state index contributed by atoms with van der Waals surface area (Å²) in [5.41, 5.74) is 10.6. The van der Waals surface area contributed by atoms with E-state index in [9.17, 15) is 0 Å². The number of anilines is 3. The predicted octanol–water partition coefficient (Wildman–Crippen LogP) is 3.34. The van der Waals surface area contributed by atoms with Crippen LogP contribution in [0.25, 0.3) is 0 Å². The third-order valence-electron chi connectivity index (χ3n) is 3.01. The quantitative estimate of drug-likeness (QED) is 0.885. The van der Waals surface area contributed by atoms with Gasteiger partial charge in [0.05, 0.1) is 24.7 Å². The zero-order chi connectivity index (χ0) is 14.0. The van der Waals surface area contributed by atoms with Crippen LogP contribution in [0.4, 0.5) is 17.2 Å². The number of nitrogens with zero attached hydrogens (tertiary/aromatic N) is 1. The Kier molecular flexibility index (Phi) is 3.60. The molecule has 0 fully saturated rings. The van der Waals surface area contributed by atoms with E-state index in [1.54, 1.807) is 13.3 Å². The third kappa shape index (κ3) is 2.78. The Hall–Kier alpha value is -2.23. The Balaban J connectivity index is 2.43. The second-order valence-corrected chi connectivity index (χ2v) is 4.72. The van der Waals surface area contributed by atoms with E-state index in [1.807, 2.05) is 32.9 Å². The molecule has 1 heterocycles. The predicted molar refractivity (Wildman–Crippen MR) is 79.1 cm³/mol. The molecule has 19 heavy (non-hydrogen) atoms. The molecule has 0 bridgehead atoms. The molecule has 0 unspecified atom stereocenters. The van der Waals surface area contributed by atoms with Gasteiger partial charge in [0, 0.05) is 0 Å². The van der Waals surface area contributed by atoms with Gasteiger partial charge >= 0.3 is 0 Å². The van der Waals surface area contributed by atoms with Crippen molar-refractivity contribution < 1.29 is 4.74 Å². The topological polar surface area (TPSA) is 60.2 Å². The van der Waals surface area contributed by atoms with E-state index in [4.69, 9.17) is 10.5 Å². The average Bonchev–Trinajstić information content (AvgIpc) is 2.34. The first kappa shape index (κ1) is 13.2. The van der Waals surface area contributed by atoms with E-state index in [0.717, 1.165) is 28.4 Å². The van der Waals surface area contributed by atoms with Crippen LogP contribution in [0.2, 0.25) is 0 Å². The number of ether oxygens (including phenoxy) is 1. The minimum absolute atomic E-state index is 0.663. The molecular formula is C15H19N3O. The summed E-state index contributed by atoms with van der Waals surface area (Å²) in [7, 11) is 1.67. The maximum atomic E-state index is 5.71. The van der Waals surface area contributed by atoms with Crippen molar-refractivity contribution >= 4 is 17.2 Å². The number of aromatic nitrogens is 1. The molecule has 0 aliphatic rings. The highest BCUT2D eigenvalue weighted by atomic mass is 16.5. The Morgan fingerprint density at radius 3 is 2.47 bits per heavy atom. The Morgan fingerprint density at radius 2 is 1.84 bits per heavy atom. The number of hydrogen-bond donors (Lipinski definition) is 2. The van der Waals surface area contributed by atoms with Gasteiger partial charge in [-0.25, -0.2) is 4.98 Å². The van der Waals surface area contributed by atoms with Crippen LogP contribution in [-0.4, -0.2) is 12.1 Å². The number of benzene rings is 1. The van der Waals surface area contributed by atoms with Crippen LogP contribution < -0.4 is 15.8 Å². The molecule has 4 heteroatoms. The van der Waals surface area contributed by atoms with Gasteiger partial charge < -0.3 is 15.8 Å². The standard InChI is InChI=1S/C15H19N3O/c1-9-5-10(2)14(13(6-9)19-4)18-15-11(3)7-12(16)8-17-15/h5-8H,16H2,1-4H3,(H,17,18).